The molecule has 1 atom stereocenters. The number of rotatable bonds is 6. The molecule has 1 aliphatic heterocycles. The van der Waals surface area contributed by atoms with Crippen molar-refractivity contribution in [2.45, 2.75) is 13.5 Å². The predicted octanol–water partition coefficient (Wildman–Crippen LogP) is 1.05. The molecule has 1 aliphatic rings. The topological polar surface area (TPSA) is 71.4 Å². The van der Waals surface area contributed by atoms with Gasteiger partial charge in [0.1, 0.15) is 12.5 Å². The number of hydrogen-bond acceptors (Lipinski definition) is 6. The SMILES string of the molecule is CCOC(=O)C1(CO)CN(Cc2ccccc2)C/C1=N\OC. The number of carbonyl (C=O) groups excluding carboxylic acids is 1. The first-order valence-corrected chi connectivity index (χ1v) is 7.31. The number of ether oxygens (including phenoxy) is 1. The molecule has 120 valence electrons. The van der Waals surface area contributed by atoms with E-state index in [-0.39, 0.29) is 13.2 Å². The van der Waals surface area contributed by atoms with Crippen molar-refractivity contribution < 1.29 is 19.5 Å². The van der Waals surface area contributed by atoms with Crippen LogP contribution in [0.3, 0.4) is 0 Å². The second-order valence-corrected chi connectivity index (χ2v) is 5.31. The third-order valence-corrected chi connectivity index (χ3v) is 3.81. The van der Waals surface area contributed by atoms with Crippen molar-refractivity contribution in [3.8, 4) is 0 Å². The minimum atomic E-state index is -1.14. The van der Waals surface area contributed by atoms with Gasteiger partial charge in [-0.25, -0.2) is 0 Å². The Morgan fingerprint density at radius 2 is 2.14 bits per heavy atom. The van der Waals surface area contributed by atoms with Crippen molar-refractivity contribution in [2.75, 3.05) is 33.4 Å². The number of carbonyl (C=O) groups is 1. The van der Waals surface area contributed by atoms with Gasteiger partial charge in [-0.15, -0.1) is 0 Å². The van der Waals surface area contributed by atoms with Gasteiger partial charge in [0.15, 0.2) is 0 Å². The summed E-state index contributed by atoms with van der Waals surface area (Å²) in [5.41, 5.74) is 0.504. The molecular weight excluding hydrogens is 284 g/mol. The van der Waals surface area contributed by atoms with Crippen LogP contribution in [-0.4, -0.2) is 55.1 Å². The summed E-state index contributed by atoms with van der Waals surface area (Å²) in [7, 11) is 1.43. The molecule has 1 heterocycles. The molecule has 1 saturated heterocycles. The summed E-state index contributed by atoms with van der Waals surface area (Å²) in [6.07, 6.45) is 0. The summed E-state index contributed by atoms with van der Waals surface area (Å²) >= 11 is 0. The Morgan fingerprint density at radius 1 is 1.41 bits per heavy atom. The quantitative estimate of drug-likeness (QED) is 0.628. The van der Waals surface area contributed by atoms with E-state index in [1.54, 1.807) is 6.92 Å². The molecule has 0 aliphatic carbocycles. The Labute approximate surface area is 130 Å². The number of aliphatic hydroxyl groups excluding tert-OH is 1. The number of benzene rings is 1. The van der Waals surface area contributed by atoms with Crippen molar-refractivity contribution in [3.63, 3.8) is 0 Å². The summed E-state index contributed by atoms with van der Waals surface area (Å²) in [5, 5.41) is 13.8. The highest BCUT2D eigenvalue weighted by molar-refractivity contribution is 6.09. The molecule has 1 unspecified atom stereocenters. The first kappa shape index (κ1) is 16.5. The summed E-state index contributed by atoms with van der Waals surface area (Å²) < 4.78 is 5.13. The number of oxime groups is 1. The van der Waals surface area contributed by atoms with Gasteiger partial charge in [-0.2, -0.15) is 0 Å². The average molecular weight is 306 g/mol. The standard InChI is InChI=1S/C16H22N2O4/c1-3-22-15(20)16(12-19)11-18(10-14(16)17-21-2)9-13-7-5-4-6-8-13/h4-8,19H,3,9-12H2,1-2H3/b17-14+. The van der Waals surface area contributed by atoms with Gasteiger partial charge in [-0.05, 0) is 12.5 Å². The first-order valence-electron chi connectivity index (χ1n) is 7.31. The van der Waals surface area contributed by atoms with Gasteiger partial charge in [-0.1, -0.05) is 35.5 Å². The molecule has 1 aromatic rings. The van der Waals surface area contributed by atoms with Gasteiger partial charge in [0.2, 0.25) is 0 Å². The number of likely N-dealkylation sites (tertiary alicyclic amines) is 1. The van der Waals surface area contributed by atoms with Crippen LogP contribution >= 0.6 is 0 Å². The maximum atomic E-state index is 12.3. The molecule has 6 nitrogen and oxygen atoms in total. The van der Waals surface area contributed by atoms with Crippen LogP contribution in [0.15, 0.2) is 35.5 Å². The molecule has 22 heavy (non-hydrogen) atoms. The third kappa shape index (κ3) is 3.28. The van der Waals surface area contributed by atoms with Gasteiger partial charge in [0.25, 0.3) is 0 Å². The minimum absolute atomic E-state index is 0.263. The average Bonchev–Trinajstić information content (AvgIpc) is 2.87. The van der Waals surface area contributed by atoms with E-state index < -0.39 is 11.4 Å². The second kappa shape index (κ2) is 7.38. The highest BCUT2D eigenvalue weighted by atomic mass is 16.6. The van der Waals surface area contributed by atoms with Gasteiger partial charge in [-0.3, -0.25) is 9.69 Å². The molecular formula is C16H22N2O4. The Bertz CT molecular complexity index is 532. The molecule has 0 spiro atoms. The monoisotopic (exact) mass is 306 g/mol. The number of aliphatic hydroxyl groups is 1. The second-order valence-electron chi connectivity index (χ2n) is 5.31. The van der Waals surface area contributed by atoms with Gasteiger partial charge < -0.3 is 14.7 Å². The van der Waals surface area contributed by atoms with Crippen LogP contribution in [0.2, 0.25) is 0 Å². The highest BCUT2D eigenvalue weighted by Crippen LogP contribution is 2.31. The van der Waals surface area contributed by atoms with Crippen LogP contribution in [0.25, 0.3) is 0 Å². The molecule has 6 heteroatoms. The van der Waals surface area contributed by atoms with E-state index >= 15 is 0 Å². The molecule has 0 saturated carbocycles. The third-order valence-electron chi connectivity index (χ3n) is 3.81. The Morgan fingerprint density at radius 3 is 2.73 bits per heavy atom. The molecule has 1 fully saturated rings. The Kier molecular flexibility index (Phi) is 5.51. The van der Waals surface area contributed by atoms with E-state index in [0.29, 0.717) is 25.3 Å². The van der Waals surface area contributed by atoms with Gasteiger partial charge in [0.05, 0.1) is 18.9 Å². The van der Waals surface area contributed by atoms with E-state index in [4.69, 9.17) is 9.57 Å². The molecule has 0 bridgehead atoms. The fraction of sp³-hybridized carbons (Fsp3) is 0.500. The molecule has 2 rings (SSSR count). The van der Waals surface area contributed by atoms with Crippen molar-refractivity contribution in [3.05, 3.63) is 35.9 Å². The zero-order chi connectivity index (χ0) is 16.0. The lowest BCUT2D eigenvalue weighted by Gasteiger charge is -2.24. The van der Waals surface area contributed by atoms with E-state index in [1.165, 1.54) is 7.11 Å². The molecule has 0 aromatic heterocycles. The fourth-order valence-electron chi connectivity index (χ4n) is 2.73. The normalized spacial score (nSPS) is 23.7. The fourth-order valence-corrected chi connectivity index (χ4v) is 2.73. The van der Waals surface area contributed by atoms with E-state index in [9.17, 15) is 9.90 Å². The number of esters is 1. The number of hydrogen-bond donors (Lipinski definition) is 1. The van der Waals surface area contributed by atoms with Crippen LogP contribution in [0.4, 0.5) is 0 Å². The summed E-state index contributed by atoms with van der Waals surface area (Å²) in [4.78, 5) is 19.2. The van der Waals surface area contributed by atoms with Crippen LogP contribution in [0.1, 0.15) is 12.5 Å². The van der Waals surface area contributed by atoms with E-state index in [0.717, 1.165) is 5.56 Å². The Hall–Kier alpha value is -1.92. The minimum Gasteiger partial charge on any atom is -0.465 e. The Balaban J connectivity index is 2.21. The van der Waals surface area contributed by atoms with Crippen LogP contribution in [0, 0.1) is 5.41 Å². The zero-order valence-electron chi connectivity index (χ0n) is 13.0. The van der Waals surface area contributed by atoms with Crippen LogP contribution < -0.4 is 0 Å². The van der Waals surface area contributed by atoms with E-state index in [1.807, 2.05) is 30.3 Å². The maximum absolute atomic E-state index is 12.3. The number of nitrogens with zero attached hydrogens (tertiary/aromatic N) is 2. The van der Waals surface area contributed by atoms with Crippen LogP contribution in [0.5, 0.6) is 0 Å². The zero-order valence-corrected chi connectivity index (χ0v) is 13.0. The summed E-state index contributed by atoms with van der Waals surface area (Å²) in [6.45, 7) is 3.15. The lowest BCUT2D eigenvalue weighted by molar-refractivity contribution is -0.153. The lowest BCUT2D eigenvalue weighted by Crippen LogP contribution is -2.44. The highest BCUT2D eigenvalue weighted by Gasteiger charge is 2.51. The van der Waals surface area contributed by atoms with Gasteiger partial charge in [0, 0.05) is 19.6 Å². The molecule has 1 N–H and O–H groups in total. The largest absolute Gasteiger partial charge is 0.465 e. The van der Waals surface area contributed by atoms with Crippen molar-refractivity contribution >= 4 is 11.7 Å². The van der Waals surface area contributed by atoms with Gasteiger partial charge >= 0.3 is 5.97 Å². The van der Waals surface area contributed by atoms with Crippen molar-refractivity contribution in [1.82, 2.24) is 4.90 Å². The summed E-state index contributed by atoms with van der Waals surface area (Å²) in [6, 6.07) is 9.95. The van der Waals surface area contributed by atoms with Crippen molar-refractivity contribution in [1.29, 1.82) is 0 Å². The molecule has 1 aromatic carbocycles. The molecule has 0 radical (unpaired) electrons. The first-order chi connectivity index (χ1) is 10.7. The summed E-state index contributed by atoms with van der Waals surface area (Å²) in [5.74, 6) is -0.455. The van der Waals surface area contributed by atoms with E-state index in [2.05, 4.69) is 10.1 Å². The van der Waals surface area contributed by atoms with Crippen LogP contribution in [-0.2, 0) is 20.9 Å². The predicted molar refractivity (Wildman–Crippen MR) is 82.3 cm³/mol. The van der Waals surface area contributed by atoms with Crippen molar-refractivity contribution in [2.24, 2.45) is 10.6 Å². The maximum Gasteiger partial charge on any atom is 0.321 e. The lowest BCUT2D eigenvalue weighted by atomic mass is 9.86. The smallest absolute Gasteiger partial charge is 0.321 e. The molecule has 0 amide bonds.